The van der Waals surface area contributed by atoms with Crippen LogP contribution in [0.2, 0.25) is 0 Å². The van der Waals surface area contributed by atoms with Gasteiger partial charge >= 0.3 is 5.69 Å². The summed E-state index contributed by atoms with van der Waals surface area (Å²) in [7, 11) is 1.45. The molecule has 1 aromatic carbocycles. The highest BCUT2D eigenvalue weighted by atomic mass is 32.1. The first-order valence-corrected chi connectivity index (χ1v) is 8.94. The minimum atomic E-state index is -0.412. The third kappa shape index (κ3) is 3.15. The molecular formula is C19H14FN3O3S. The van der Waals surface area contributed by atoms with Crippen molar-refractivity contribution in [2.75, 3.05) is 7.11 Å². The number of nitrogens with one attached hydrogen (secondary N) is 1. The molecule has 0 atom stereocenters. The Morgan fingerprint density at radius 1 is 1.33 bits per heavy atom. The summed E-state index contributed by atoms with van der Waals surface area (Å²) in [5.41, 5.74) is 1.75. The summed E-state index contributed by atoms with van der Waals surface area (Å²) >= 11 is 1.33. The van der Waals surface area contributed by atoms with Crippen LogP contribution in [0.1, 0.15) is 9.67 Å². The molecule has 0 radical (unpaired) electrons. The van der Waals surface area contributed by atoms with E-state index in [0.29, 0.717) is 32.9 Å². The van der Waals surface area contributed by atoms with E-state index in [1.54, 1.807) is 30.5 Å². The van der Waals surface area contributed by atoms with Crippen LogP contribution in [-0.2, 0) is 6.54 Å². The van der Waals surface area contributed by atoms with Crippen LogP contribution in [0.5, 0.6) is 5.75 Å². The molecule has 6 nitrogen and oxygen atoms in total. The first kappa shape index (κ1) is 17.2. The number of hydrogen-bond acceptors (Lipinski definition) is 5. The number of methoxy groups -OCH3 is 1. The van der Waals surface area contributed by atoms with Crippen molar-refractivity contribution in [1.82, 2.24) is 14.5 Å². The van der Waals surface area contributed by atoms with E-state index in [1.165, 1.54) is 35.1 Å². The van der Waals surface area contributed by atoms with E-state index >= 15 is 0 Å². The zero-order valence-electron chi connectivity index (χ0n) is 14.2. The predicted molar refractivity (Wildman–Crippen MR) is 101 cm³/mol. The van der Waals surface area contributed by atoms with Crippen LogP contribution in [0.25, 0.3) is 22.3 Å². The lowest BCUT2D eigenvalue weighted by Crippen LogP contribution is -2.21. The zero-order chi connectivity index (χ0) is 19.0. The second-order valence-corrected chi connectivity index (χ2v) is 6.80. The number of pyridine rings is 1. The number of imidazole rings is 1. The number of halogens is 1. The molecule has 0 saturated heterocycles. The lowest BCUT2D eigenvalue weighted by Gasteiger charge is -2.09. The fraction of sp³-hybridized carbons (Fsp3) is 0.105. The van der Waals surface area contributed by atoms with E-state index in [2.05, 4.69) is 9.97 Å². The summed E-state index contributed by atoms with van der Waals surface area (Å²) in [5, 5.41) is 1.81. The quantitative estimate of drug-likeness (QED) is 0.535. The van der Waals surface area contributed by atoms with Crippen molar-refractivity contribution >= 4 is 28.3 Å². The molecule has 0 amide bonds. The van der Waals surface area contributed by atoms with E-state index in [9.17, 15) is 14.0 Å². The zero-order valence-corrected chi connectivity index (χ0v) is 15.0. The molecule has 8 heteroatoms. The summed E-state index contributed by atoms with van der Waals surface area (Å²) in [5.74, 6) is -0.210. The van der Waals surface area contributed by atoms with Crippen LogP contribution < -0.4 is 10.4 Å². The number of carbonyl (C=O) groups is 1. The third-order valence-electron chi connectivity index (χ3n) is 4.20. The summed E-state index contributed by atoms with van der Waals surface area (Å²) in [6, 6.07) is 9.44. The Hall–Kier alpha value is -3.26. The number of ketones is 1. The van der Waals surface area contributed by atoms with Gasteiger partial charge in [0.25, 0.3) is 0 Å². The summed E-state index contributed by atoms with van der Waals surface area (Å²) in [6.45, 7) is -0.0922. The van der Waals surface area contributed by atoms with Crippen molar-refractivity contribution in [3.8, 4) is 16.9 Å². The SMILES string of the molecule is COc1cc(F)ccc1-c1cnc2[nH]c(=O)n(CC(=O)c3cccs3)c2c1. The Morgan fingerprint density at radius 3 is 2.93 bits per heavy atom. The van der Waals surface area contributed by atoms with E-state index in [1.807, 2.05) is 5.38 Å². The maximum atomic E-state index is 13.5. The lowest BCUT2D eigenvalue weighted by atomic mass is 10.1. The van der Waals surface area contributed by atoms with Gasteiger partial charge < -0.3 is 4.74 Å². The Kier molecular flexibility index (Phi) is 4.33. The van der Waals surface area contributed by atoms with Gasteiger partial charge in [-0.05, 0) is 29.6 Å². The fourth-order valence-corrected chi connectivity index (χ4v) is 3.56. The van der Waals surface area contributed by atoms with Gasteiger partial charge in [0.1, 0.15) is 11.6 Å². The number of aromatic amines is 1. The second kappa shape index (κ2) is 6.81. The van der Waals surface area contributed by atoms with Crippen LogP contribution in [0.4, 0.5) is 4.39 Å². The average Bonchev–Trinajstić information content (AvgIpc) is 3.30. The molecule has 27 heavy (non-hydrogen) atoms. The van der Waals surface area contributed by atoms with E-state index in [-0.39, 0.29) is 12.3 Å². The van der Waals surface area contributed by atoms with E-state index in [4.69, 9.17) is 4.74 Å². The van der Waals surface area contributed by atoms with Crippen LogP contribution >= 0.6 is 11.3 Å². The molecule has 0 unspecified atom stereocenters. The highest BCUT2D eigenvalue weighted by Gasteiger charge is 2.16. The molecule has 0 aliphatic carbocycles. The highest BCUT2D eigenvalue weighted by molar-refractivity contribution is 7.12. The van der Waals surface area contributed by atoms with Crippen molar-refractivity contribution in [3.63, 3.8) is 0 Å². The molecule has 0 aliphatic rings. The smallest absolute Gasteiger partial charge is 0.328 e. The fourth-order valence-electron chi connectivity index (χ4n) is 2.90. The first-order chi connectivity index (χ1) is 13.1. The lowest BCUT2D eigenvalue weighted by molar-refractivity contribution is 0.0976. The average molecular weight is 383 g/mol. The van der Waals surface area contributed by atoms with Gasteiger partial charge in [-0.25, -0.2) is 14.2 Å². The van der Waals surface area contributed by atoms with Gasteiger partial charge in [-0.15, -0.1) is 11.3 Å². The minimum Gasteiger partial charge on any atom is -0.496 e. The molecular weight excluding hydrogens is 369 g/mol. The first-order valence-electron chi connectivity index (χ1n) is 8.06. The van der Waals surface area contributed by atoms with Gasteiger partial charge in [0.05, 0.1) is 24.0 Å². The molecule has 0 spiro atoms. The van der Waals surface area contributed by atoms with Crippen molar-refractivity contribution in [2.45, 2.75) is 6.54 Å². The monoisotopic (exact) mass is 383 g/mol. The maximum absolute atomic E-state index is 13.5. The Labute approximate surface area is 156 Å². The highest BCUT2D eigenvalue weighted by Crippen LogP contribution is 2.31. The number of hydrogen-bond donors (Lipinski definition) is 1. The topological polar surface area (TPSA) is 77.0 Å². The number of fused-ring (bicyclic) bond motifs is 1. The largest absolute Gasteiger partial charge is 0.496 e. The molecule has 1 N–H and O–H groups in total. The van der Waals surface area contributed by atoms with Gasteiger partial charge in [-0.3, -0.25) is 14.3 Å². The minimum absolute atomic E-state index is 0.0922. The molecule has 3 heterocycles. The van der Waals surface area contributed by atoms with Crippen molar-refractivity contribution in [3.05, 3.63) is 69.2 Å². The molecule has 4 aromatic rings. The Balaban J connectivity index is 1.80. The van der Waals surface area contributed by atoms with E-state index < -0.39 is 11.5 Å². The van der Waals surface area contributed by atoms with Gasteiger partial charge in [0.15, 0.2) is 11.4 Å². The van der Waals surface area contributed by atoms with Crippen LogP contribution in [-0.4, -0.2) is 27.4 Å². The number of rotatable bonds is 5. The Morgan fingerprint density at radius 2 is 2.19 bits per heavy atom. The summed E-state index contributed by atoms with van der Waals surface area (Å²) < 4.78 is 20.1. The molecule has 3 aromatic heterocycles. The number of H-pyrrole nitrogens is 1. The normalized spacial score (nSPS) is 11.0. The van der Waals surface area contributed by atoms with Crippen molar-refractivity contribution in [2.24, 2.45) is 0 Å². The van der Waals surface area contributed by atoms with Crippen molar-refractivity contribution < 1.29 is 13.9 Å². The van der Waals surface area contributed by atoms with Gasteiger partial charge in [0.2, 0.25) is 0 Å². The number of benzene rings is 1. The predicted octanol–water partition coefficient (Wildman–Crippen LogP) is 3.48. The number of aromatic nitrogens is 3. The molecule has 0 bridgehead atoms. The summed E-state index contributed by atoms with van der Waals surface area (Å²) in [4.78, 5) is 32.2. The van der Waals surface area contributed by atoms with Crippen LogP contribution in [0.3, 0.4) is 0 Å². The van der Waals surface area contributed by atoms with Gasteiger partial charge in [-0.1, -0.05) is 6.07 Å². The number of ether oxygens (including phenoxy) is 1. The molecule has 0 saturated carbocycles. The molecule has 0 aliphatic heterocycles. The standard InChI is InChI=1S/C19H14FN3O3S/c1-26-16-8-12(20)4-5-13(16)11-7-14-18(21-9-11)22-19(25)23(14)10-15(24)17-3-2-6-27-17/h2-9H,10H2,1H3,(H,21,22,25). The molecule has 4 rings (SSSR count). The second-order valence-electron chi connectivity index (χ2n) is 5.85. The van der Waals surface area contributed by atoms with Crippen molar-refractivity contribution in [1.29, 1.82) is 0 Å². The molecule has 0 fully saturated rings. The van der Waals surface area contributed by atoms with Crippen LogP contribution in [0, 0.1) is 5.82 Å². The number of Topliss-reactive ketones (excluding diaryl/α,β-unsaturated/α-hetero) is 1. The van der Waals surface area contributed by atoms with Gasteiger partial charge in [-0.2, -0.15) is 0 Å². The summed E-state index contributed by atoms with van der Waals surface area (Å²) in [6.07, 6.45) is 1.57. The van der Waals surface area contributed by atoms with Crippen LogP contribution in [0.15, 0.2) is 52.8 Å². The van der Waals surface area contributed by atoms with Gasteiger partial charge in [0, 0.05) is 23.4 Å². The maximum Gasteiger partial charge on any atom is 0.328 e. The van der Waals surface area contributed by atoms with E-state index in [0.717, 1.165) is 0 Å². The third-order valence-corrected chi connectivity index (χ3v) is 5.11. The number of nitrogens with zero attached hydrogens (tertiary/aromatic N) is 2. The number of thiophene rings is 1. The Bertz CT molecular complexity index is 1190. The molecule has 136 valence electrons. The number of carbonyl (C=O) groups excluding carboxylic acids is 1.